The van der Waals surface area contributed by atoms with Gasteiger partial charge in [-0.2, -0.15) is 0 Å². The lowest BCUT2D eigenvalue weighted by Gasteiger charge is -2.27. The van der Waals surface area contributed by atoms with Crippen LogP contribution in [-0.4, -0.2) is 58.7 Å². The Morgan fingerprint density at radius 2 is 1.19 bits per heavy atom. The van der Waals surface area contributed by atoms with Gasteiger partial charge in [0.05, 0.1) is 0 Å². The summed E-state index contributed by atoms with van der Waals surface area (Å²) in [4.78, 5) is 0. The SMILES string of the molecule is CC[Si](CC)(CCCNCCC[Si](OC)(OC)OC)OC. The van der Waals surface area contributed by atoms with Crippen molar-refractivity contribution in [2.24, 2.45) is 0 Å². The highest BCUT2D eigenvalue weighted by Gasteiger charge is 2.36. The predicted molar refractivity (Wildman–Crippen MR) is 92.2 cm³/mol. The van der Waals surface area contributed by atoms with Gasteiger partial charge in [-0.1, -0.05) is 13.8 Å². The second-order valence-corrected chi connectivity index (χ2v) is 13.1. The van der Waals surface area contributed by atoms with Crippen molar-refractivity contribution in [2.45, 2.75) is 50.9 Å². The third-order valence-electron chi connectivity index (χ3n) is 4.48. The molecule has 0 rings (SSSR count). The molecule has 0 saturated carbocycles. The summed E-state index contributed by atoms with van der Waals surface area (Å²) in [7, 11) is 3.06. The molecule has 0 aromatic heterocycles. The summed E-state index contributed by atoms with van der Waals surface area (Å²) in [6, 6.07) is 4.52. The van der Waals surface area contributed by atoms with Crippen molar-refractivity contribution in [3.05, 3.63) is 0 Å². The number of nitrogens with one attached hydrogen (secondary N) is 1. The molecule has 0 unspecified atom stereocenters. The molecule has 0 saturated heterocycles. The van der Waals surface area contributed by atoms with Crippen LogP contribution in [0.3, 0.4) is 0 Å². The van der Waals surface area contributed by atoms with Crippen molar-refractivity contribution in [3.8, 4) is 0 Å². The molecule has 0 radical (unpaired) electrons. The summed E-state index contributed by atoms with van der Waals surface area (Å²) < 4.78 is 22.0. The minimum atomic E-state index is -2.39. The highest BCUT2D eigenvalue weighted by Crippen LogP contribution is 2.22. The Kier molecular flexibility index (Phi) is 11.9. The molecule has 0 bridgehead atoms. The summed E-state index contributed by atoms with van der Waals surface area (Å²) >= 11 is 0. The van der Waals surface area contributed by atoms with Crippen LogP contribution in [0.15, 0.2) is 0 Å². The molecule has 0 aromatic carbocycles. The van der Waals surface area contributed by atoms with Crippen LogP contribution in [0.25, 0.3) is 0 Å². The molecule has 0 fully saturated rings. The fraction of sp³-hybridized carbons (Fsp3) is 1.00. The van der Waals surface area contributed by atoms with Gasteiger partial charge in [0.15, 0.2) is 8.32 Å². The van der Waals surface area contributed by atoms with Crippen LogP contribution < -0.4 is 5.32 Å². The predicted octanol–water partition coefficient (Wildman–Crippen LogP) is 2.87. The highest BCUT2D eigenvalue weighted by molar-refractivity contribution is 6.73. The van der Waals surface area contributed by atoms with E-state index < -0.39 is 17.1 Å². The van der Waals surface area contributed by atoms with Gasteiger partial charge < -0.3 is 23.0 Å². The average Bonchev–Trinajstić information content (AvgIpc) is 2.55. The molecule has 0 aliphatic heterocycles. The maximum Gasteiger partial charge on any atom is 0.500 e. The minimum absolute atomic E-state index is 0.851. The lowest BCUT2D eigenvalue weighted by molar-refractivity contribution is 0.123. The average molecular weight is 338 g/mol. The second-order valence-electron chi connectivity index (χ2n) is 5.35. The third-order valence-corrected chi connectivity index (χ3v) is 12.0. The van der Waals surface area contributed by atoms with Crippen molar-refractivity contribution >= 4 is 17.1 Å². The molecular weight excluding hydrogens is 302 g/mol. The van der Waals surface area contributed by atoms with Gasteiger partial charge in [0.1, 0.15) is 0 Å². The highest BCUT2D eigenvalue weighted by atomic mass is 28.4. The van der Waals surface area contributed by atoms with Crippen LogP contribution in [0.4, 0.5) is 0 Å². The molecule has 0 amide bonds. The topological polar surface area (TPSA) is 49.0 Å². The van der Waals surface area contributed by atoms with E-state index in [2.05, 4.69) is 19.2 Å². The van der Waals surface area contributed by atoms with E-state index in [4.69, 9.17) is 17.7 Å². The van der Waals surface area contributed by atoms with Crippen LogP contribution in [0.2, 0.25) is 24.2 Å². The third kappa shape index (κ3) is 7.36. The second kappa shape index (κ2) is 11.8. The lowest BCUT2D eigenvalue weighted by atomic mass is 10.4. The first-order valence-corrected chi connectivity index (χ1v) is 12.4. The van der Waals surface area contributed by atoms with Gasteiger partial charge in [-0.25, -0.2) is 0 Å². The quantitative estimate of drug-likeness (QED) is 0.390. The van der Waals surface area contributed by atoms with Crippen LogP contribution in [0, 0.1) is 0 Å². The zero-order valence-electron chi connectivity index (χ0n) is 14.8. The van der Waals surface area contributed by atoms with E-state index in [0.717, 1.165) is 25.6 Å². The van der Waals surface area contributed by atoms with E-state index >= 15 is 0 Å². The summed E-state index contributed by atoms with van der Waals surface area (Å²) in [6.45, 7) is 6.55. The monoisotopic (exact) mass is 337 g/mol. The molecule has 7 heteroatoms. The van der Waals surface area contributed by atoms with Gasteiger partial charge in [0.25, 0.3) is 0 Å². The Morgan fingerprint density at radius 3 is 1.57 bits per heavy atom. The first-order valence-electron chi connectivity index (χ1n) is 7.99. The van der Waals surface area contributed by atoms with Crippen molar-refractivity contribution in [1.82, 2.24) is 5.32 Å². The van der Waals surface area contributed by atoms with E-state index in [1.54, 1.807) is 21.3 Å². The zero-order chi connectivity index (χ0) is 16.2. The zero-order valence-corrected chi connectivity index (χ0v) is 16.8. The van der Waals surface area contributed by atoms with E-state index in [0.29, 0.717) is 0 Å². The van der Waals surface area contributed by atoms with Crippen molar-refractivity contribution in [2.75, 3.05) is 41.5 Å². The van der Waals surface area contributed by atoms with Gasteiger partial charge in [0, 0.05) is 34.5 Å². The van der Waals surface area contributed by atoms with Crippen LogP contribution in [0.1, 0.15) is 26.7 Å². The van der Waals surface area contributed by atoms with E-state index in [1.165, 1.54) is 24.6 Å². The molecule has 0 heterocycles. The number of hydrogen-bond donors (Lipinski definition) is 1. The first-order chi connectivity index (χ1) is 10.1. The van der Waals surface area contributed by atoms with Crippen LogP contribution in [-0.2, 0) is 17.7 Å². The Balaban J connectivity index is 3.78. The lowest BCUT2D eigenvalue weighted by Crippen LogP contribution is -2.43. The van der Waals surface area contributed by atoms with Crippen LogP contribution >= 0.6 is 0 Å². The summed E-state index contributed by atoms with van der Waals surface area (Å²) in [6.07, 6.45) is 2.21. The van der Waals surface area contributed by atoms with Gasteiger partial charge in [-0.15, -0.1) is 0 Å². The van der Waals surface area contributed by atoms with Crippen LogP contribution in [0.5, 0.6) is 0 Å². The summed E-state index contributed by atoms with van der Waals surface area (Å²) in [5.74, 6) is 0. The van der Waals surface area contributed by atoms with Crippen molar-refractivity contribution < 1.29 is 17.7 Å². The van der Waals surface area contributed by atoms with E-state index in [-0.39, 0.29) is 0 Å². The fourth-order valence-electron chi connectivity index (χ4n) is 2.64. The Morgan fingerprint density at radius 1 is 0.714 bits per heavy atom. The number of rotatable bonds is 14. The summed E-state index contributed by atoms with van der Waals surface area (Å²) in [5, 5.41) is 3.50. The maximum atomic E-state index is 5.82. The Labute approximate surface area is 133 Å². The van der Waals surface area contributed by atoms with Crippen molar-refractivity contribution in [1.29, 1.82) is 0 Å². The van der Waals surface area contributed by atoms with Gasteiger partial charge in [-0.3, -0.25) is 0 Å². The minimum Gasteiger partial charge on any atom is -0.420 e. The Bertz CT molecular complexity index is 209. The maximum absolute atomic E-state index is 5.82. The molecule has 0 aromatic rings. The molecular formula is C14H35NO4Si2. The molecule has 21 heavy (non-hydrogen) atoms. The van der Waals surface area contributed by atoms with Gasteiger partial charge in [0.2, 0.25) is 0 Å². The first kappa shape index (κ1) is 21.2. The van der Waals surface area contributed by atoms with E-state index in [9.17, 15) is 0 Å². The van der Waals surface area contributed by atoms with Gasteiger partial charge >= 0.3 is 8.80 Å². The normalized spacial score (nSPS) is 12.9. The standard InChI is InChI=1S/C14H35NO4Si2/c1-7-20(8-2,16-3)13-9-11-15-12-10-14-21(17-4,18-5)19-6/h15H,7-14H2,1-6H3. The van der Waals surface area contributed by atoms with Gasteiger partial charge in [-0.05, 0) is 44.1 Å². The molecule has 0 aliphatic rings. The summed E-state index contributed by atoms with van der Waals surface area (Å²) in [5.41, 5.74) is 0. The largest absolute Gasteiger partial charge is 0.500 e. The fourth-order valence-corrected chi connectivity index (χ4v) is 7.17. The smallest absolute Gasteiger partial charge is 0.420 e. The molecule has 128 valence electrons. The molecule has 5 nitrogen and oxygen atoms in total. The van der Waals surface area contributed by atoms with E-state index in [1.807, 2.05) is 7.11 Å². The molecule has 0 aliphatic carbocycles. The molecule has 0 atom stereocenters. The number of hydrogen-bond acceptors (Lipinski definition) is 5. The molecule has 0 spiro atoms. The Hall–Kier alpha value is 0.234. The molecule has 1 N–H and O–H groups in total. The van der Waals surface area contributed by atoms with Crippen molar-refractivity contribution in [3.63, 3.8) is 0 Å².